The molecule has 1 aromatic carbocycles. The fraction of sp³-hybridized carbons (Fsp3) is 0.579. The number of nitrogens with one attached hydrogen (secondary N) is 2. The number of hydrogen-bond donors (Lipinski definition) is 3. The molecule has 2 heterocycles. The highest BCUT2D eigenvalue weighted by atomic mass is 16.5. The molecular weight excluding hydrogens is 318 g/mol. The average molecular weight is 345 g/mol. The minimum Gasteiger partial charge on any atom is -0.341 e. The number of carbonyl (C=O) groups excluding carboxylic acids is 2. The number of rotatable bonds is 4. The normalized spacial score (nSPS) is 25.9. The Morgan fingerprint density at radius 3 is 2.48 bits per heavy atom. The van der Waals surface area contributed by atoms with E-state index in [-0.39, 0.29) is 11.8 Å². The van der Waals surface area contributed by atoms with Crippen molar-refractivity contribution in [2.75, 3.05) is 26.2 Å². The third-order valence-electron chi connectivity index (χ3n) is 5.97. The fourth-order valence-electron chi connectivity index (χ4n) is 4.10. The minimum atomic E-state index is -0.714. The van der Waals surface area contributed by atoms with Gasteiger partial charge in [-0.2, -0.15) is 0 Å². The smallest absolute Gasteiger partial charge is 0.251 e. The highest BCUT2D eigenvalue weighted by molar-refractivity contribution is 5.91. The number of hydroxylamine groups is 1. The highest BCUT2D eigenvalue weighted by Gasteiger charge is 2.48. The maximum atomic E-state index is 13.2. The Morgan fingerprint density at radius 1 is 1.24 bits per heavy atom. The first-order chi connectivity index (χ1) is 11.9. The van der Waals surface area contributed by atoms with Crippen LogP contribution in [0, 0.1) is 12.3 Å². The summed E-state index contributed by atoms with van der Waals surface area (Å²) in [5.74, 6) is -0.314. The zero-order chi connectivity index (χ0) is 18.1. The second-order valence-corrected chi connectivity index (χ2v) is 7.65. The Morgan fingerprint density at radius 2 is 1.88 bits per heavy atom. The van der Waals surface area contributed by atoms with Crippen LogP contribution in [0.15, 0.2) is 24.3 Å². The van der Waals surface area contributed by atoms with Crippen LogP contribution in [0.1, 0.15) is 37.3 Å². The predicted molar refractivity (Wildman–Crippen MR) is 94.2 cm³/mol. The maximum Gasteiger partial charge on any atom is 0.251 e. The van der Waals surface area contributed by atoms with E-state index in [0.717, 1.165) is 12.0 Å². The van der Waals surface area contributed by atoms with E-state index >= 15 is 0 Å². The molecule has 25 heavy (non-hydrogen) atoms. The lowest BCUT2D eigenvalue weighted by atomic mass is 9.77. The predicted octanol–water partition coefficient (Wildman–Crippen LogP) is 1.36. The lowest BCUT2D eigenvalue weighted by molar-refractivity contribution is -0.145. The van der Waals surface area contributed by atoms with Crippen LogP contribution in [0.5, 0.6) is 0 Å². The molecule has 0 aromatic heterocycles. The number of benzene rings is 1. The summed E-state index contributed by atoms with van der Waals surface area (Å²) in [6, 6.07) is 8.11. The molecule has 136 valence electrons. The fourth-order valence-corrected chi connectivity index (χ4v) is 4.10. The molecule has 2 saturated heterocycles. The Hall–Kier alpha value is -1.92. The highest BCUT2D eigenvalue weighted by Crippen LogP contribution is 2.39. The van der Waals surface area contributed by atoms with Crippen molar-refractivity contribution in [3.05, 3.63) is 35.4 Å². The van der Waals surface area contributed by atoms with Crippen molar-refractivity contribution in [2.24, 2.45) is 5.41 Å². The van der Waals surface area contributed by atoms with Crippen molar-refractivity contribution in [3.8, 4) is 0 Å². The quantitative estimate of drug-likeness (QED) is 0.568. The van der Waals surface area contributed by atoms with Crippen LogP contribution in [-0.4, -0.2) is 48.1 Å². The van der Waals surface area contributed by atoms with Gasteiger partial charge in [-0.3, -0.25) is 14.8 Å². The van der Waals surface area contributed by atoms with Crippen LogP contribution in [0.25, 0.3) is 0 Å². The summed E-state index contributed by atoms with van der Waals surface area (Å²) >= 11 is 0. The molecule has 3 rings (SSSR count). The molecule has 0 radical (unpaired) electrons. The van der Waals surface area contributed by atoms with E-state index in [9.17, 15) is 14.8 Å². The molecule has 6 nitrogen and oxygen atoms in total. The van der Waals surface area contributed by atoms with Gasteiger partial charge in [0.2, 0.25) is 5.91 Å². The van der Waals surface area contributed by atoms with E-state index in [1.807, 2.05) is 43.6 Å². The number of hydrogen-bond acceptors (Lipinski definition) is 4. The lowest BCUT2D eigenvalue weighted by Gasteiger charge is -2.38. The molecule has 6 heteroatoms. The van der Waals surface area contributed by atoms with Gasteiger partial charge in [-0.05, 0) is 51.8 Å². The van der Waals surface area contributed by atoms with Gasteiger partial charge in [0.25, 0.3) is 5.91 Å². The van der Waals surface area contributed by atoms with Gasteiger partial charge >= 0.3 is 0 Å². The summed E-state index contributed by atoms with van der Waals surface area (Å²) < 4.78 is 0. The molecule has 0 spiro atoms. The first-order valence-electron chi connectivity index (χ1n) is 8.93. The molecule has 0 saturated carbocycles. The lowest BCUT2D eigenvalue weighted by Crippen LogP contribution is -2.53. The molecule has 1 unspecified atom stereocenters. The second-order valence-electron chi connectivity index (χ2n) is 7.65. The van der Waals surface area contributed by atoms with Crippen molar-refractivity contribution in [2.45, 2.75) is 38.5 Å². The number of carbonyl (C=O) groups is 2. The Kier molecular flexibility index (Phi) is 4.84. The van der Waals surface area contributed by atoms with Crippen molar-refractivity contribution >= 4 is 11.8 Å². The molecule has 2 aliphatic heterocycles. The van der Waals surface area contributed by atoms with E-state index in [1.165, 1.54) is 5.56 Å². The third kappa shape index (κ3) is 3.16. The summed E-state index contributed by atoms with van der Waals surface area (Å²) in [5.41, 5.74) is 2.75. The number of nitrogens with zero attached hydrogens (tertiary/aromatic N) is 1. The summed E-state index contributed by atoms with van der Waals surface area (Å²) in [7, 11) is 0. The van der Waals surface area contributed by atoms with Gasteiger partial charge in [-0.25, -0.2) is 5.48 Å². The number of piperidine rings is 1. The van der Waals surface area contributed by atoms with Crippen LogP contribution < -0.4 is 10.8 Å². The molecule has 1 aromatic rings. The molecule has 0 aliphatic carbocycles. The van der Waals surface area contributed by atoms with Gasteiger partial charge in [-0.15, -0.1) is 0 Å². The van der Waals surface area contributed by atoms with Crippen molar-refractivity contribution in [1.29, 1.82) is 0 Å². The largest absolute Gasteiger partial charge is 0.341 e. The Labute approximate surface area is 148 Å². The van der Waals surface area contributed by atoms with E-state index in [0.29, 0.717) is 39.0 Å². The molecule has 2 amide bonds. The topological polar surface area (TPSA) is 81.7 Å². The zero-order valence-electron chi connectivity index (χ0n) is 15.0. The molecular formula is C19H27N3O3. The van der Waals surface area contributed by atoms with E-state index < -0.39 is 10.8 Å². The van der Waals surface area contributed by atoms with Gasteiger partial charge in [0, 0.05) is 13.1 Å². The first kappa shape index (κ1) is 17.9. The zero-order valence-corrected chi connectivity index (χ0v) is 15.0. The molecule has 3 N–H and O–H groups in total. The van der Waals surface area contributed by atoms with Crippen LogP contribution >= 0.6 is 0 Å². The van der Waals surface area contributed by atoms with Gasteiger partial charge in [0.1, 0.15) is 0 Å². The number of amides is 2. The minimum absolute atomic E-state index is 0.0694. The van der Waals surface area contributed by atoms with Crippen LogP contribution in [-0.2, 0) is 15.0 Å². The van der Waals surface area contributed by atoms with Crippen molar-refractivity contribution < 1.29 is 14.8 Å². The van der Waals surface area contributed by atoms with Gasteiger partial charge in [0.05, 0.1) is 10.8 Å². The summed E-state index contributed by atoms with van der Waals surface area (Å²) in [5, 5.41) is 12.4. The Balaban J connectivity index is 1.81. The molecule has 2 fully saturated rings. The maximum absolute atomic E-state index is 13.2. The standard InChI is InChI=1S/C19H27N3O3/c1-14-3-5-15(6-4-14)18(2)9-12-22(17(18)24)13-19(16(23)21-25)7-10-20-11-8-19/h3-6,20,25H,7-13H2,1-2H3,(H,21,23). The number of aryl methyl sites for hydroxylation is 1. The summed E-state index contributed by atoms with van der Waals surface area (Å²) in [4.78, 5) is 27.3. The molecule has 1 atom stereocenters. The second kappa shape index (κ2) is 6.77. The SMILES string of the molecule is Cc1ccc(C2(C)CCN(CC3(C(=O)NO)CCNCC3)C2=O)cc1. The number of likely N-dealkylation sites (tertiary alicyclic amines) is 1. The van der Waals surface area contributed by atoms with Crippen LogP contribution in [0.3, 0.4) is 0 Å². The monoisotopic (exact) mass is 345 g/mol. The van der Waals surface area contributed by atoms with Gasteiger partial charge in [0.15, 0.2) is 0 Å². The van der Waals surface area contributed by atoms with E-state index in [4.69, 9.17) is 0 Å². The Bertz CT molecular complexity index is 652. The van der Waals surface area contributed by atoms with Gasteiger partial charge in [-0.1, -0.05) is 29.8 Å². The van der Waals surface area contributed by atoms with Crippen molar-refractivity contribution in [1.82, 2.24) is 15.7 Å². The molecule has 0 bridgehead atoms. The summed E-state index contributed by atoms with van der Waals surface area (Å²) in [6.45, 7) is 6.44. The first-order valence-corrected chi connectivity index (χ1v) is 8.93. The van der Waals surface area contributed by atoms with E-state index in [2.05, 4.69) is 5.32 Å². The van der Waals surface area contributed by atoms with Gasteiger partial charge < -0.3 is 10.2 Å². The summed E-state index contributed by atoms with van der Waals surface area (Å²) in [6.07, 6.45) is 1.97. The third-order valence-corrected chi connectivity index (χ3v) is 5.97. The van der Waals surface area contributed by atoms with Crippen LogP contribution in [0.2, 0.25) is 0 Å². The van der Waals surface area contributed by atoms with Crippen molar-refractivity contribution in [3.63, 3.8) is 0 Å². The average Bonchev–Trinajstić information content (AvgIpc) is 2.91. The van der Waals surface area contributed by atoms with E-state index in [1.54, 1.807) is 4.90 Å². The molecule has 2 aliphatic rings. The van der Waals surface area contributed by atoms with Crippen LogP contribution in [0.4, 0.5) is 0 Å².